The third kappa shape index (κ3) is 7.69. The molecule has 0 spiro atoms. The molecule has 1 fully saturated rings. The Morgan fingerprint density at radius 1 is 0.714 bits per heavy atom. The number of ether oxygens (including phenoxy) is 7. The number of fused-ring (bicyclic) bond motifs is 1. The van der Waals surface area contributed by atoms with E-state index in [-0.39, 0.29) is 28.0 Å². The van der Waals surface area contributed by atoms with Gasteiger partial charge >= 0.3 is 41.4 Å². The number of rotatable bonds is 8. The number of carbonyl (C=O) groups is 6. The van der Waals surface area contributed by atoms with Gasteiger partial charge in [0.2, 0.25) is 0 Å². The van der Waals surface area contributed by atoms with Crippen LogP contribution in [0, 0.1) is 0 Å². The molecule has 0 bridgehead atoms. The first-order chi connectivity index (χ1) is 19.7. The summed E-state index contributed by atoms with van der Waals surface area (Å²) < 4.78 is 43.7. The Morgan fingerprint density at radius 3 is 1.83 bits per heavy atom. The summed E-state index contributed by atoms with van der Waals surface area (Å²) in [5.74, 6) is -5.70. The van der Waals surface area contributed by atoms with Crippen molar-refractivity contribution in [2.45, 2.75) is 72.1 Å². The number of hydrogen-bond acceptors (Lipinski definition) is 15. The average molecular weight is 593 g/mol. The van der Waals surface area contributed by atoms with E-state index in [0.717, 1.165) is 53.7 Å². The maximum atomic E-state index is 12.3. The number of benzene rings is 1. The molecule has 42 heavy (non-hydrogen) atoms. The fourth-order valence-corrected chi connectivity index (χ4v) is 4.40. The normalized spacial score (nSPS) is 21.5. The third-order valence-electron chi connectivity index (χ3n) is 5.65. The van der Waals surface area contributed by atoms with Crippen molar-refractivity contribution in [1.29, 1.82) is 0 Å². The third-order valence-corrected chi connectivity index (χ3v) is 5.65. The highest BCUT2D eigenvalue weighted by Crippen LogP contribution is 2.48. The van der Waals surface area contributed by atoms with Crippen LogP contribution in [0.15, 0.2) is 27.4 Å². The zero-order chi connectivity index (χ0) is 31.3. The maximum absolute atomic E-state index is 12.3. The highest BCUT2D eigenvalue weighted by molar-refractivity contribution is 5.91. The fourth-order valence-electron chi connectivity index (χ4n) is 4.40. The summed E-state index contributed by atoms with van der Waals surface area (Å²) in [6.07, 6.45) is -7.63. The van der Waals surface area contributed by atoms with Crippen LogP contribution in [0.2, 0.25) is 0 Å². The molecule has 1 aliphatic rings. The maximum Gasteiger partial charge on any atom is 0.336 e. The number of hydrogen-bond donors (Lipinski definition) is 0. The zero-order valence-corrected chi connectivity index (χ0v) is 23.4. The van der Waals surface area contributed by atoms with E-state index in [1.54, 1.807) is 0 Å². The Balaban J connectivity index is 2.40. The Bertz CT molecular complexity index is 1470. The Morgan fingerprint density at radius 2 is 1.29 bits per heavy atom. The molecule has 0 N–H and O–H groups in total. The molecule has 15 heteroatoms. The van der Waals surface area contributed by atoms with E-state index in [0.29, 0.717) is 0 Å². The molecular weight excluding hydrogens is 564 g/mol. The van der Waals surface area contributed by atoms with Gasteiger partial charge in [-0.3, -0.25) is 28.8 Å². The van der Waals surface area contributed by atoms with E-state index in [1.807, 2.05) is 0 Å². The molecule has 1 aromatic heterocycles. The number of carbonyl (C=O) groups excluding carboxylic acids is 6. The summed E-state index contributed by atoms with van der Waals surface area (Å²) >= 11 is 0. The smallest absolute Gasteiger partial charge is 0.336 e. The van der Waals surface area contributed by atoms with Gasteiger partial charge in [0.1, 0.15) is 30.1 Å². The lowest BCUT2D eigenvalue weighted by molar-refractivity contribution is -0.254. The van der Waals surface area contributed by atoms with Gasteiger partial charge in [-0.2, -0.15) is 0 Å². The molecule has 1 aliphatic heterocycles. The second-order valence-corrected chi connectivity index (χ2v) is 9.09. The minimum absolute atomic E-state index is 0.0450. The van der Waals surface area contributed by atoms with Gasteiger partial charge in [0.15, 0.2) is 24.1 Å². The monoisotopic (exact) mass is 592 g/mol. The SMILES string of the molecule is CC(=O)OC[C@H]1O[C@@H](c2c(OC(C)=O)cc3oc(=O)ccc3c2OC(C)=O)[C@H](OC(C)=O)[C@@H](OC(C)=O)[C@@H]1OC(C)=O. The molecule has 5 atom stereocenters. The molecule has 0 radical (unpaired) electrons. The van der Waals surface area contributed by atoms with Gasteiger partial charge in [-0.05, 0) is 6.07 Å². The summed E-state index contributed by atoms with van der Waals surface area (Å²) in [7, 11) is 0. The van der Waals surface area contributed by atoms with Gasteiger partial charge in [-0.25, -0.2) is 4.79 Å². The average Bonchev–Trinajstić information content (AvgIpc) is 2.84. The first-order valence-electron chi connectivity index (χ1n) is 12.5. The van der Waals surface area contributed by atoms with Crippen LogP contribution in [0.5, 0.6) is 11.5 Å². The second kappa shape index (κ2) is 13.2. The van der Waals surface area contributed by atoms with E-state index in [2.05, 4.69) is 0 Å². The lowest BCUT2D eigenvalue weighted by Crippen LogP contribution is -2.59. The molecule has 0 saturated carbocycles. The molecular formula is C27H28O15. The van der Waals surface area contributed by atoms with Gasteiger partial charge in [-0.1, -0.05) is 0 Å². The highest BCUT2D eigenvalue weighted by atomic mass is 16.7. The summed E-state index contributed by atoms with van der Waals surface area (Å²) in [6.45, 7) is 5.86. The second-order valence-electron chi connectivity index (χ2n) is 9.09. The summed E-state index contributed by atoms with van der Waals surface area (Å²) in [5, 5.41) is 0.0450. The molecule has 1 aromatic carbocycles. The molecule has 0 aliphatic carbocycles. The van der Waals surface area contributed by atoms with Crippen LogP contribution in [-0.2, 0) is 52.5 Å². The Hall–Kier alpha value is -4.79. The highest BCUT2D eigenvalue weighted by Gasteiger charge is 2.54. The van der Waals surface area contributed by atoms with Crippen molar-refractivity contribution in [3.8, 4) is 11.5 Å². The molecule has 3 rings (SSSR count). The molecule has 2 heterocycles. The largest absolute Gasteiger partial charge is 0.463 e. The minimum Gasteiger partial charge on any atom is -0.463 e. The summed E-state index contributed by atoms with van der Waals surface area (Å²) in [6, 6.07) is 3.46. The standard InChI is InChI=1S/C27H28O15/c1-11(28)35-10-20-24(38-14(4)31)26(39-15(5)32)27(40-16(6)33)25(42-20)22-19(36-12(2)29)9-18-17(7-8-21(34)41-18)23(22)37-13(3)30/h7-9,20,24-27H,10H2,1-6H3/t20-,24-,25+,26+,27+/m1/s1. The van der Waals surface area contributed by atoms with Crippen LogP contribution in [0.1, 0.15) is 53.2 Å². The molecule has 1 saturated heterocycles. The Labute approximate surface area is 237 Å². The van der Waals surface area contributed by atoms with Crippen LogP contribution in [0.3, 0.4) is 0 Å². The predicted octanol–water partition coefficient (Wildman–Crippen LogP) is 1.44. The van der Waals surface area contributed by atoms with Crippen molar-refractivity contribution in [3.63, 3.8) is 0 Å². The zero-order valence-electron chi connectivity index (χ0n) is 23.4. The van der Waals surface area contributed by atoms with E-state index >= 15 is 0 Å². The van der Waals surface area contributed by atoms with Gasteiger partial charge < -0.3 is 37.6 Å². The van der Waals surface area contributed by atoms with Gasteiger partial charge in [0, 0.05) is 53.7 Å². The van der Waals surface area contributed by atoms with E-state index in [1.165, 1.54) is 6.07 Å². The van der Waals surface area contributed by atoms with Crippen molar-refractivity contribution in [2.75, 3.05) is 6.61 Å². The van der Waals surface area contributed by atoms with Crippen molar-refractivity contribution in [3.05, 3.63) is 34.2 Å². The minimum atomic E-state index is -1.62. The molecule has 0 amide bonds. The first-order valence-corrected chi connectivity index (χ1v) is 12.5. The van der Waals surface area contributed by atoms with Crippen LogP contribution in [0.4, 0.5) is 0 Å². The van der Waals surface area contributed by atoms with Crippen molar-refractivity contribution >= 4 is 46.8 Å². The van der Waals surface area contributed by atoms with Gasteiger partial charge in [-0.15, -0.1) is 0 Å². The summed E-state index contributed by atoms with van der Waals surface area (Å²) in [5.41, 5.74) is -1.13. The van der Waals surface area contributed by atoms with Crippen molar-refractivity contribution < 1.29 is 66.3 Å². The topological polar surface area (TPSA) is 197 Å². The van der Waals surface area contributed by atoms with Crippen molar-refractivity contribution in [2.24, 2.45) is 0 Å². The van der Waals surface area contributed by atoms with Crippen LogP contribution < -0.4 is 15.1 Å². The molecule has 0 unspecified atom stereocenters. The molecule has 15 nitrogen and oxygen atoms in total. The van der Waals surface area contributed by atoms with E-state index in [4.69, 9.17) is 37.6 Å². The molecule has 226 valence electrons. The first kappa shape index (κ1) is 31.7. The van der Waals surface area contributed by atoms with E-state index < -0.39 is 78.6 Å². The van der Waals surface area contributed by atoms with Crippen LogP contribution >= 0.6 is 0 Å². The lowest BCUT2D eigenvalue weighted by atomic mass is 9.88. The lowest BCUT2D eigenvalue weighted by Gasteiger charge is -2.45. The van der Waals surface area contributed by atoms with Crippen LogP contribution in [0.25, 0.3) is 11.0 Å². The summed E-state index contributed by atoms with van der Waals surface area (Å²) in [4.78, 5) is 84.6. The number of esters is 6. The van der Waals surface area contributed by atoms with E-state index in [9.17, 15) is 33.6 Å². The van der Waals surface area contributed by atoms with Gasteiger partial charge in [0.25, 0.3) is 0 Å². The Kier molecular flexibility index (Phi) is 10.0. The predicted molar refractivity (Wildman–Crippen MR) is 136 cm³/mol. The quantitative estimate of drug-likeness (QED) is 0.184. The fraction of sp³-hybridized carbons (Fsp3) is 0.444. The van der Waals surface area contributed by atoms with Gasteiger partial charge in [0.05, 0.1) is 10.9 Å². The van der Waals surface area contributed by atoms with Crippen LogP contribution in [-0.4, -0.2) is 66.8 Å². The van der Waals surface area contributed by atoms with Crippen molar-refractivity contribution in [1.82, 2.24) is 0 Å². The molecule has 2 aromatic rings.